The number of amides is 1. The lowest BCUT2D eigenvalue weighted by atomic mass is 10.2. The molecule has 3 aromatic rings. The van der Waals surface area contributed by atoms with Crippen LogP contribution in [0, 0.1) is 0 Å². The van der Waals surface area contributed by atoms with Crippen molar-refractivity contribution >= 4 is 40.2 Å². The van der Waals surface area contributed by atoms with E-state index >= 15 is 0 Å². The monoisotopic (exact) mass is 387 g/mol. The molecule has 0 radical (unpaired) electrons. The summed E-state index contributed by atoms with van der Waals surface area (Å²) in [5, 5.41) is 4.08. The van der Waals surface area contributed by atoms with Crippen molar-refractivity contribution < 1.29 is 23.4 Å². The van der Waals surface area contributed by atoms with E-state index in [1.807, 2.05) is 0 Å². The largest absolute Gasteiger partial charge is 0.497 e. The Morgan fingerprint density at radius 2 is 1.81 bits per heavy atom. The van der Waals surface area contributed by atoms with Crippen LogP contribution in [0.4, 0.5) is 5.69 Å². The zero-order chi connectivity index (χ0) is 19.4. The fraction of sp³-hybridized carbons (Fsp3) is 0.150. The second-order valence-corrected chi connectivity index (χ2v) is 6.00. The summed E-state index contributed by atoms with van der Waals surface area (Å²) in [7, 11) is 4.62. The maximum atomic E-state index is 12.2. The molecule has 3 rings (SSSR count). The van der Waals surface area contributed by atoms with Gasteiger partial charge >= 0.3 is 0 Å². The minimum atomic E-state index is -0.330. The van der Waals surface area contributed by atoms with E-state index in [1.54, 1.807) is 56.7 Å². The van der Waals surface area contributed by atoms with E-state index in [9.17, 15) is 4.79 Å². The molecule has 140 valence electrons. The number of furan rings is 1. The first-order valence-electron chi connectivity index (χ1n) is 8.02. The van der Waals surface area contributed by atoms with Crippen molar-refractivity contribution in [3.8, 4) is 17.2 Å². The highest BCUT2D eigenvalue weighted by molar-refractivity contribution is 6.31. The highest BCUT2D eigenvalue weighted by Crippen LogP contribution is 2.33. The molecular formula is C20H18ClNO5. The molecule has 7 heteroatoms. The Labute approximate surface area is 161 Å². The Morgan fingerprint density at radius 3 is 2.52 bits per heavy atom. The van der Waals surface area contributed by atoms with Crippen molar-refractivity contribution in [3.63, 3.8) is 0 Å². The number of methoxy groups -OCH3 is 3. The molecule has 6 nitrogen and oxygen atoms in total. The van der Waals surface area contributed by atoms with Crippen LogP contribution in [0.5, 0.6) is 17.2 Å². The summed E-state index contributed by atoms with van der Waals surface area (Å²) in [6.45, 7) is 0. The SMILES string of the molecule is COc1ccc(NC(=O)/C=C/c2cc3cc(Cl)cc(OC)c3o2)c(OC)c1. The fourth-order valence-electron chi connectivity index (χ4n) is 2.57. The first-order chi connectivity index (χ1) is 13.0. The molecule has 0 aliphatic carbocycles. The molecule has 0 saturated heterocycles. The molecular weight excluding hydrogens is 370 g/mol. The molecule has 0 unspecified atom stereocenters. The summed E-state index contributed by atoms with van der Waals surface area (Å²) in [5.41, 5.74) is 1.10. The van der Waals surface area contributed by atoms with Crippen LogP contribution >= 0.6 is 11.6 Å². The summed E-state index contributed by atoms with van der Waals surface area (Å²) in [6.07, 6.45) is 2.94. The second kappa shape index (κ2) is 8.05. The number of anilines is 1. The number of carbonyl (C=O) groups excluding carboxylic acids is 1. The molecule has 0 spiro atoms. The number of hydrogen-bond acceptors (Lipinski definition) is 5. The van der Waals surface area contributed by atoms with Crippen molar-refractivity contribution in [2.24, 2.45) is 0 Å². The van der Waals surface area contributed by atoms with Crippen LogP contribution in [0.2, 0.25) is 5.02 Å². The van der Waals surface area contributed by atoms with Crippen LogP contribution in [0.3, 0.4) is 0 Å². The van der Waals surface area contributed by atoms with Crippen molar-refractivity contribution in [1.82, 2.24) is 0 Å². The normalized spacial score (nSPS) is 11.0. The summed E-state index contributed by atoms with van der Waals surface area (Å²) in [5.74, 6) is 1.84. The Morgan fingerprint density at radius 1 is 1.04 bits per heavy atom. The molecule has 2 aromatic carbocycles. The summed E-state index contributed by atoms with van der Waals surface area (Å²) in [6, 6.07) is 10.3. The van der Waals surface area contributed by atoms with Crippen molar-refractivity contribution in [3.05, 3.63) is 53.3 Å². The van der Waals surface area contributed by atoms with Gasteiger partial charge in [-0.1, -0.05) is 11.6 Å². The molecule has 0 bridgehead atoms. The molecule has 1 N–H and O–H groups in total. The molecule has 1 heterocycles. The number of fused-ring (bicyclic) bond motifs is 1. The lowest BCUT2D eigenvalue weighted by Gasteiger charge is -2.10. The van der Waals surface area contributed by atoms with Gasteiger partial charge < -0.3 is 23.9 Å². The topological polar surface area (TPSA) is 69.9 Å². The van der Waals surface area contributed by atoms with Crippen LogP contribution in [-0.4, -0.2) is 27.2 Å². The molecule has 0 atom stereocenters. The predicted molar refractivity (Wildman–Crippen MR) is 105 cm³/mol. The average Bonchev–Trinajstić information content (AvgIpc) is 3.08. The second-order valence-electron chi connectivity index (χ2n) is 5.56. The third kappa shape index (κ3) is 4.17. The third-order valence-electron chi connectivity index (χ3n) is 3.85. The average molecular weight is 388 g/mol. The fourth-order valence-corrected chi connectivity index (χ4v) is 2.79. The van der Waals surface area contributed by atoms with Gasteiger partial charge in [-0.2, -0.15) is 0 Å². The van der Waals surface area contributed by atoms with Crippen LogP contribution < -0.4 is 19.5 Å². The molecule has 27 heavy (non-hydrogen) atoms. The van der Waals surface area contributed by atoms with Gasteiger partial charge in [-0.05, 0) is 30.3 Å². The Hall–Kier alpha value is -3.12. The summed E-state index contributed by atoms with van der Waals surface area (Å²) in [4.78, 5) is 12.2. The van der Waals surface area contributed by atoms with Crippen LogP contribution in [0.15, 0.2) is 46.9 Å². The number of hydrogen-bond donors (Lipinski definition) is 1. The van der Waals surface area contributed by atoms with Gasteiger partial charge in [0.1, 0.15) is 17.3 Å². The van der Waals surface area contributed by atoms with E-state index < -0.39 is 0 Å². The summed E-state index contributed by atoms with van der Waals surface area (Å²) < 4.78 is 21.4. The lowest BCUT2D eigenvalue weighted by Crippen LogP contribution is -2.08. The number of halogens is 1. The Kier molecular flexibility index (Phi) is 5.57. The van der Waals surface area contributed by atoms with Crippen LogP contribution in [0.1, 0.15) is 5.76 Å². The molecule has 0 aliphatic heterocycles. The number of carbonyl (C=O) groups is 1. The lowest BCUT2D eigenvalue weighted by molar-refractivity contribution is -0.111. The molecule has 0 fully saturated rings. The molecule has 1 amide bonds. The Bertz CT molecular complexity index is 1010. The standard InChI is InChI=1S/C20H18ClNO5/c1-24-14-4-6-16(17(11-14)25-2)22-19(23)7-5-15-9-12-8-13(21)10-18(26-3)20(12)27-15/h4-11H,1-3H3,(H,22,23)/b7-5+. The first-order valence-corrected chi connectivity index (χ1v) is 8.40. The zero-order valence-corrected chi connectivity index (χ0v) is 15.8. The molecule has 0 saturated carbocycles. The Balaban J connectivity index is 1.78. The predicted octanol–water partition coefficient (Wildman–Crippen LogP) is 4.76. The smallest absolute Gasteiger partial charge is 0.248 e. The highest BCUT2D eigenvalue weighted by atomic mass is 35.5. The minimum absolute atomic E-state index is 0.330. The van der Waals surface area contributed by atoms with Gasteiger partial charge in [0.15, 0.2) is 11.3 Å². The van der Waals surface area contributed by atoms with Crippen molar-refractivity contribution in [2.75, 3.05) is 26.6 Å². The number of nitrogens with one attached hydrogen (secondary N) is 1. The van der Waals surface area contributed by atoms with Gasteiger partial charge in [-0.15, -0.1) is 0 Å². The van der Waals surface area contributed by atoms with Gasteiger partial charge in [-0.25, -0.2) is 0 Å². The van der Waals surface area contributed by atoms with E-state index in [2.05, 4.69) is 5.32 Å². The first kappa shape index (κ1) is 18.7. The van der Waals surface area contributed by atoms with E-state index in [4.69, 9.17) is 30.2 Å². The van der Waals surface area contributed by atoms with Gasteiger partial charge in [0.05, 0.1) is 27.0 Å². The van der Waals surface area contributed by atoms with Gasteiger partial charge in [0.2, 0.25) is 5.91 Å². The van der Waals surface area contributed by atoms with Crippen molar-refractivity contribution in [2.45, 2.75) is 0 Å². The zero-order valence-electron chi connectivity index (χ0n) is 15.0. The van der Waals surface area contributed by atoms with Crippen LogP contribution in [-0.2, 0) is 4.79 Å². The van der Waals surface area contributed by atoms with E-state index in [0.29, 0.717) is 39.3 Å². The van der Waals surface area contributed by atoms with E-state index in [0.717, 1.165) is 5.39 Å². The molecule has 1 aromatic heterocycles. The molecule has 0 aliphatic rings. The van der Waals surface area contributed by atoms with Gasteiger partial charge in [0.25, 0.3) is 0 Å². The maximum Gasteiger partial charge on any atom is 0.248 e. The van der Waals surface area contributed by atoms with Gasteiger partial charge in [-0.3, -0.25) is 4.79 Å². The summed E-state index contributed by atoms with van der Waals surface area (Å²) >= 11 is 6.06. The van der Waals surface area contributed by atoms with Crippen molar-refractivity contribution in [1.29, 1.82) is 0 Å². The highest BCUT2D eigenvalue weighted by Gasteiger charge is 2.10. The number of ether oxygens (including phenoxy) is 3. The number of rotatable bonds is 6. The van der Waals surface area contributed by atoms with E-state index in [1.165, 1.54) is 13.2 Å². The number of benzene rings is 2. The van der Waals surface area contributed by atoms with Gasteiger partial charge in [0, 0.05) is 28.6 Å². The van der Waals surface area contributed by atoms with Crippen LogP contribution in [0.25, 0.3) is 17.0 Å². The van der Waals surface area contributed by atoms with E-state index in [-0.39, 0.29) is 5.91 Å². The third-order valence-corrected chi connectivity index (χ3v) is 4.07. The quantitative estimate of drug-likeness (QED) is 0.617. The minimum Gasteiger partial charge on any atom is -0.497 e. The maximum absolute atomic E-state index is 12.2.